The van der Waals surface area contributed by atoms with Crippen LogP contribution in [-0.2, 0) is 16.0 Å². The van der Waals surface area contributed by atoms with E-state index < -0.39 is 18.1 Å². The van der Waals surface area contributed by atoms with Crippen molar-refractivity contribution in [1.29, 1.82) is 0 Å². The molecule has 1 aromatic carbocycles. The smallest absolute Gasteiger partial charge is 0.421 e. The van der Waals surface area contributed by atoms with Crippen molar-refractivity contribution in [2.75, 3.05) is 18.6 Å². The Labute approximate surface area is 111 Å². The highest BCUT2D eigenvalue weighted by atomic mass is 16.5. The summed E-state index contributed by atoms with van der Waals surface area (Å²) in [5.41, 5.74) is 6.84. The van der Waals surface area contributed by atoms with Crippen LogP contribution in [0, 0.1) is 0 Å². The molecule has 6 nitrogen and oxygen atoms in total. The Bertz CT molecular complexity index is 515. The van der Waals surface area contributed by atoms with Crippen LogP contribution in [-0.4, -0.2) is 31.8 Å². The lowest BCUT2D eigenvalue weighted by Gasteiger charge is -2.30. The van der Waals surface area contributed by atoms with E-state index >= 15 is 0 Å². The minimum absolute atomic E-state index is 0.404. The zero-order valence-corrected chi connectivity index (χ0v) is 10.9. The van der Waals surface area contributed by atoms with Crippen molar-refractivity contribution in [3.05, 3.63) is 23.8 Å². The molecule has 0 aliphatic carbocycles. The average Bonchev–Trinajstić information content (AvgIpc) is 2.40. The van der Waals surface area contributed by atoms with Gasteiger partial charge >= 0.3 is 6.09 Å². The van der Waals surface area contributed by atoms with Crippen LogP contribution in [0.15, 0.2) is 18.2 Å². The lowest BCUT2D eigenvalue weighted by molar-refractivity contribution is -0.125. The van der Waals surface area contributed by atoms with Gasteiger partial charge in [0, 0.05) is 0 Å². The Morgan fingerprint density at radius 1 is 1.53 bits per heavy atom. The second kappa shape index (κ2) is 5.27. The van der Waals surface area contributed by atoms with Gasteiger partial charge in [0.2, 0.25) is 0 Å². The number of hydrogen-bond donors (Lipinski definition) is 1. The summed E-state index contributed by atoms with van der Waals surface area (Å²) in [6.45, 7) is 2.08. The molecule has 0 fully saturated rings. The second-order valence-electron chi connectivity index (χ2n) is 4.24. The maximum Gasteiger partial charge on any atom is 0.421 e. The number of carbonyl (C=O) groups is 2. The van der Waals surface area contributed by atoms with Gasteiger partial charge in [-0.3, -0.25) is 4.79 Å². The molecule has 0 bridgehead atoms. The molecule has 0 spiro atoms. The maximum atomic E-state index is 12.0. The quantitative estimate of drug-likeness (QED) is 0.864. The number of carbonyl (C=O) groups excluding carboxylic acids is 2. The first-order valence-electron chi connectivity index (χ1n) is 6.00. The molecule has 0 saturated carbocycles. The normalized spacial score (nSPS) is 17.7. The van der Waals surface area contributed by atoms with E-state index in [0.29, 0.717) is 24.4 Å². The first-order valence-corrected chi connectivity index (χ1v) is 6.00. The highest BCUT2D eigenvalue weighted by molar-refractivity contribution is 6.15. The summed E-state index contributed by atoms with van der Waals surface area (Å²) in [5.74, 6) is 0.0440. The van der Waals surface area contributed by atoms with Gasteiger partial charge in [0.15, 0.2) is 6.10 Å². The summed E-state index contributed by atoms with van der Waals surface area (Å²) in [7, 11) is 1.24. The van der Waals surface area contributed by atoms with Crippen molar-refractivity contribution in [3.8, 4) is 5.75 Å². The Morgan fingerprint density at radius 3 is 2.89 bits per heavy atom. The maximum absolute atomic E-state index is 12.0. The zero-order chi connectivity index (χ0) is 14.0. The van der Waals surface area contributed by atoms with Crippen molar-refractivity contribution >= 4 is 17.7 Å². The van der Waals surface area contributed by atoms with Crippen molar-refractivity contribution in [3.63, 3.8) is 0 Å². The van der Waals surface area contributed by atoms with E-state index in [2.05, 4.69) is 4.74 Å². The molecule has 0 saturated heterocycles. The molecular weight excluding hydrogens is 248 g/mol. The first-order chi connectivity index (χ1) is 9.08. The number of benzene rings is 1. The number of anilines is 1. The Hall–Kier alpha value is -2.08. The SMILES string of the molecule is COC(=O)N1C(=O)C(C)Oc2ccc(CCN)cc21. The number of nitrogens with zero attached hydrogens (tertiary/aromatic N) is 1. The largest absolute Gasteiger partial charge is 0.479 e. The molecule has 1 aromatic rings. The fourth-order valence-electron chi connectivity index (χ4n) is 1.98. The number of ether oxygens (including phenoxy) is 2. The van der Waals surface area contributed by atoms with Crippen molar-refractivity contribution in [2.45, 2.75) is 19.4 Å². The second-order valence-corrected chi connectivity index (χ2v) is 4.24. The highest BCUT2D eigenvalue weighted by Gasteiger charge is 2.36. The molecular formula is C13H16N2O4. The lowest BCUT2D eigenvalue weighted by Crippen LogP contribution is -2.47. The fourth-order valence-corrected chi connectivity index (χ4v) is 1.98. The van der Waals surface area contributed by atoms with Crippen LogP contribution < -0.4 is 15.4 Å². The Morgan fingerprint density at radius 2 is 2.26 bits per heavy atom. The molecule has 1 heterocycles. The van der Waals surface area contributed by atoms with Gasteiger partial charge in [0.05, 0.1) is 12.8 Å². The van der Waals surface area contributed by atoms with Gasteiger partial charge in [0.1, 0.15) is 5.75 Å². The molecule has 1 aliphatic heterocycles. The van der Waals surface area contributed by atoms with E-state index in [4.69, 9.17) is 10.5 Å². The van der Waals surface area contributed by atoms with Gasteiger partial charge in [-0.05, 0) is 37.6 Å². The predicted octanol–water partition coefficient (Wildman–Crippen LogP) is 1.07. The topological polar surface area (TPSA) is 81.9 Å². The van der Waals surface area contributed by atoms with E-state index in [9.17, 15) is 9.59 Å². The minimum atomic E-state index is -0.716. The number of imide groups is 1. The van der Waals surface area contributed by atoms with Crippen molar-refractivity contribution < 1.29 is 19.1 Å². The summed E-state index contributed by atoms with van der Waals surface area (Å²) in [6.07, 6.45) is -0.773. The lowest BCUT2D eigenvalue weighted by atomic mass is 10.1. The van der Waals surface area contributed by atoms with E-state index in [1.807, 2.05) is 6.07 Å². The van der Waals surface area contributed by atoms with Crippen molar-refractivity contribution in [2.24, 2.45) is 5.73 Å². The number of hydrogen-bond acceptors (Lipinski definition) is 5. The van der Waals surface area contributed by atoms with Gasteiger partial charge < -0.3 is 15.2 Å². The average molecular weight is 264 g/mol. The fraction of sp³-hybridized carbons (Fsp3) is 0.385. The molecule has 1 unspecified atom stereocenters. The summed E-state index contributed by atoms with van der Waals surface area (Å²) < 4.78 is 10.1. The first kappa shape index (κ1) is 13.4. The van der Waals surface area contributed by atoms with Crippen LogP contribution in [0.5, 0.6) is 5.75 Å². The molecule has 6 heteroatoms. The van der Waals surface area contributed by atoms with E-state index in [0.717, 1.165) is 10.5 Å². The van der Waals surface area contributed by atoms with Crippen molar-refractivity contribution in [1.82, 2.24) is 0 Å². The third-order valence-corrected chi connectivity index (χ3v) is 2.93. The van der Waals surface area contributed by atoms with Gasteiger partial charge in [-0.25, -0.2) is 9.69 Å². The number of rotatable bonds is 2. The third kappa shape index (κ3) is 2.39. The van der Waals surface area contributed by atoms with Crippen LogP contribution in [0.4, 0.5) is 10.5 Å². The number of methoxy groups -OCH3 is 1. The zero-order valence-electron chi connectivity index (χ0n) is 10.9. The minimum Gasteiger partial charge on any atom is -0.479 e. The number of amides is 2. The molecule has 2 N–H and O–H groups in total. The van der Waals surface area contributed by atoms with E-state index in [-0.39, 0.29) is 0 Å². The summed E-state index contributed by atoms with van der Waals surface area (Å²) in [4.78, 5) is 24.8. The van der Waals surface area contributed by atoms with Gasteiger partial charge in [-0.2, -0.15) is 0 Å². The third-order valence-electron chi connectivity index (χ3n) is 2.93. The van der Waals surface area contributed by atoms with Crippen LogP contribution in [0.2, 0.25) is 0 Å². The standard InChI is InChI=1S/C13H16N2O4/c1-8-12(16)15(13(17)18-2)10-7-9(5-6-14)3-4-11(10)19-8/h3-4,7-8H,5-6,14H2,1-2H3. The predicted molar refractivity (Wildman–Crippen MR) is 69.2 cm³/mol. The Balaban J connectivity index is 2.47. The van der Waals surface area contributed by atoms with Crippen LogP contribution in [0.25, 0.3) is 0 Å². The summed E-state index contributed by atoms with van der Waals surface area (Å²) in [5, 5.41) is 0. The molecule has 1 atom stereocenters. The number of nitrogens with two attached hydrogens (primary N) is 1. The van der Waals surface area contributed by atoms with Crippen LogP contribution in [0.3, 0.4) is 0 Å². The molecule has 2 rings (SSSR count). The van der Waals surface area contributed by atoms with Crippen LogP contribution in [0.1, 0.15) is 12.5 Å². The van der Waals surface area contributed by atoms with Crippen LogP contribution >= 0.6 is 0 Å². The van der Waals surface area contributed by atoms with E-state index in [1.54, 1.807) is 19.1 Å². The Kier molecular flexibility index (Phi) is 3.71. The molecule has 0 radical (unpaired) electrons. The molecule has 102 valence electrons. The van der Waals surface area contributed by atoms with Gasteiger partial charge in [-0.15, -0.1) is 0 Å². The summed E-state index contributed by atoms with van der Waals surface area (Å²) in [6, 6.07) is 5.33. The molecule has 1 aliphatic rings. The summed E-state index contributed by atoms with van der Waals surface area (Å²) >= 11 is 0. The van der Waals surface area contributed by atoms with E-state index in [1.165, 1.54) is 7.11 Å². The molecule has 2 amide bonds. The van der Waals surface area contributed by atoms with Gasteiger partial charge in [0.25, 0.3) is 5.91 Å². The van der Waals surface area contributed by atoms with Gasteiger partial charge in [-0.1, -0.05) is 6.07 Å². The molecule has 0 aromatic heterocycles. The molecule has 19 heavy (non-hydrogen) atoms. The number of fused-ring (bicyclic) bond motifs is 1. The highest BCUT2D eigenvalue weighted by Crippen LogP contribution is 2.35. The monoisotopic (exact) mass is 264 g/mol.